The molecule has 6 nitrogen and oxygen atoms in total. The second kappa shape index (κ2) is 8.81. The van der Waals surface area contributed by atoms with E-state index in [0.717, 1.165) is 11.3 Å². The molecule has 0 aliphatic heterocycles. The molecule has 142 valence electrons. The summed E-state index contributed by atoms with van der Waals surface area (Å²) in [4.78, 5) is 30.9. The number of rotatable bonds is 6. The number of hydrogen-bond acceptors (Lipinski definition) is 4. The molecular formula is C22H22N4O2. The van der Waals surface area contributed by atoms with Crippen molar-refractivity contribution in [1.29, 1.82) is 0 Å². The molecule has 3 aromatic rings. The van der Waals surface area contributed by atoms with Gasteiger partial charge in [0.05, 0.1) is 0 Å². The van der Waals surface area contributed by atoms with E-state index in [4.69, 9.17) is 0 Å². The molecule has 0 aliphatic carbocycles. The molecule has 0 saturated carbocycles. The lowest BCUT2D eigenvalue weighted by atomic mass is 10.1. The van der Waals surface area contributed by atoms with E-state index in [9.17, 15) is 9.59 Å². The summed E-state index contributed by atoms with van der Waals surface area (Å²) < 4.78 is 0. The average molecular weight is 374 g/mol. The first kappa shape index (κ1) is 19.1. The van der Waals surface area contributed by atoms with E-state index in [-0.39, 0.29) is 11.8 Å². The van der Waals surface area contributed by atoms with Crippen LogP contribution in [0.25, 0.3) is 0 Å². The van der Waals surface area contributed by atoms with Crippen molar-refractivity contribution in [2.24, 2.45) is 0 Å². The summed E-state index contributed by atoms with van der Waals surface area (Å²) in [6.07, 6.45) is 3.36. The van der Waals surface area contributed by atoms with Crippen LogP contribution in [0.15, 0.2) is 73.1 Å². The first-order valence-corrected chi connectivity index (χ1v) is 8.89. The summed E-state index contributed by atoms with van der Waals surface area (Å²) in [5, 5.41) is 5.70. The number of hydrogen-bond donors (Lipinski definition) is 2. The van der Waals surface area contributed by atoms with Crippen LogP contribution in [0.3, 0.4) is 0 Å². The minimum atomic E-state index is -0.263. The monoisotopic (exact) mass is 374 g/mol. The Morgan fingerprint density at radius 3 is 2.18 bits per heavy atom. The molecule has 0 fully saturated rings. The van der Waals surface area contributed by atoms with Crippen molar-refractivity contribution in [3.8, 4) is 0 Å². The van der Waals surface area contributed by atoms with Crippen LogP contribution in [0.4, 0.5) is 11.4 Å². The van der Waals surface area contributed by atoms with Gasteiger partial charge in [-0.25, -0.2) is 0 Å². The maximum Gasteiger partial charge on any atom is 0.255 e. The van der Waals surface area contributed by atoms with Crippen LogP contribution < -0.4 is 15.5 Å². The molecular weight excluding hydrogens is 352 g/mol. The van der Waals surface area contributed by atoms with E-state index < -0.39 is 0 Å². The smallest absolute Gasteiger partial charge is 0.255 e. The van der Waals surface area contributed by atoms with Crippen molar-refractivity contribution >= 4 is 23.2 Å². The van der Waals surface area contributed by atoms with Gasteiger partial charge in [0.25, 0.3) is 11.8 Å². The SMILES string of the molecule is CN(C)c1ccc(NC(=O)c2cccc(C(=O)NCc3ccncc3)c2)cc1. The van der Waals surface area contributed by atoms with Crippen molar-refractivity contribution in [3.05, 3.63) is 89.7 Å². The van der Waals surface area contributed by atoms with Crippen LogP contribution in [0.5, 0.6) is 0 Å². The molecule has 0 atom stereocenters. The fourth-order valence-corrected chi connectivity index (χ4v) is 2.63. The lowest BCUT2D eigenvalue weighted by molar-refractivity contribution is 0.0951. The molecule has 6 heteroatoms. The molecule has 1 heterocycles. The Morgan fingerprint density at radius 2 is 1.54 bits per heavy atom. The zero-order valence-corrected chi connectivity index (χ0v) is 15.8. The molecule has 0 unspecified atom stereocenters. The van der Waals surface area contributed by atoms with Gasteiger partial charge in [0, 0.05) is 55.5 Å². The van der Waals surface area contributed by atoms with Crippen LogP contribution in [0.2, 0.25) is 0 Å². The summed E-state index contributed by atoms with van der Waals surface area (Å²) in [6.45, 7) is 0.399. The lowest BCUT2D eigenvalue weighted by Crippen LogP contribution is -2.23. The molecule has 2 aromatic carbocycles. The Labute approximate surface area is 164 Å². The normalized spacial score (nSPS) is 10.2. The Kier molecular flexibility index (Phi) is 6.01. The Morgan fingerprint density at radius 1 is 0.893 bits per heavy atom. The highest BCUT2D eigenvalue weighted by Gasteiger charge is 2.11. The topological polar surface area (TPSA) is 74.3 Å². The quantitative estimate of drug-likeness (QED) is 0.694. The summed E-state index contributed by atoms with van der Waals surface area (Å²) in [5.74, 6) is -0.497. The number of carbonyl (C=O) groups excluding carboxylic acids is 2. The van der Waals surface area contributed by atoms with Crippen molar-refractivity contribution in [2.45, 2.75) is 6.54 Å². The van der Waals surface area contributed by atoms with Gasteiger partial charge in [-0.05, 0) is 60.2 Å². The summed E-state index contributed by atoms with van der Waals surface area (Å²) in [6, 6.07) is 17.9. The van der Waals surface area contributed by atoms with Gasteiger partial charge >= 0.3 is 0 Å². The minimum absolute atomic E-state index is 0.234. The van der Waals surface area contributed by atoms with Crippen molar-refractivity contribution in [2.75, 3.05) is 24.3 Å². The fraction of sp³-hybridized carbons (Fsp3) is 0.136. The van der Waals surface area contributed by atoms with Gasteiger partial charge < -0.3 is 15.5 Å². The van der Waals surface area contributed by atoms with E-state index in [2.05, 4.69) is 15.6 Å². The molecule has 0 radical (unpaired) electrons. The van der Waals surface area contributed by atoms with E-state index in [1.54, 1.807) is 36.7 Å². The maximum absolute atomic E-state index is 12.5. The zero-order valence-electron chi connectivity index (χ0n) is 15.8. The summed E-state index contributed by atoms with van der Waals surface area (Å²) in [7, 11) is 3.91. The maximum atomic E-state index is 12.5. The molecule has 0 spiro atoms. The predicted octanol–water partition coefficient (Wildman–Crippen LogP) is 3.33. The number of nitrogens with one attached hydrogen (secondary N) is 2. The molecule has 3 rings (SSSR count). The van der Waals surface area contributed by atoms with E-state index in [0.29, 0.717) is 23.4 Å². The van der Waals surface area contributed by atoms with Crippen molar-refractivity contribution < 1.29 is 9.59 Å². The number of nitrogens with zero attached hydrogens (tertiary/aromatic N) is 2. The van der Waals surface area contributed by atoms with E-state index >= 15 is 0 Å². The van der Waals surface area contributed by atoms with E-state index in [1.165, 1.54) is 0 Å². The number of amides is 2. The first-order chi connectivity index (χ1) is 13.5. The predicted molar refractivity (Wildman–Crippen MR) is 111 cm³/mol. The van der Waals surface area contributed by atoms with Gasteiger partial charge in [-0.1, -0.05) is 6.07 Å². The molecule has 28 heavy (non-hydrogen) atoms. The number of benzene rings is 2. The average Bonchev–Trinajstić information content (AvgIpc) is 2.73. The highest BCUT2D eigenvalue weighted by Crippen LogP contribution is 2.17. The third kappa shape index (κ3) is 4.94. The first-order valence-electron chi connectivity index (χ1n) is 8.89. The van der Waals surface area contributed by atoms with Crippen molar-refractivity contribution in [1.82, 2.24) is 10.3 Å². The Balaban J connectivity index is 1.64. The molecule has 0 bridgehead atoms. The third-order valence-corrected chi connectivity index (χ3v) is 4.23. The molecule has 1 aromatic heterocycles. The third-order valence-electron chi connectivity index (χ3n) is 4.23. The van der Waals surface area contributed by atoms with Gasteiger partial charge in [0.15, 0.2) is 0 Å². The van der Waals surface area contributed by atoms with Crippen LogP contribution in [0, 0.1) is 0 Å². The number of aromatic nitrogens is 1. The highest BCUT2D eigenvalue weighted by molar-refractivity contribution is 6.06. The van der Waals surface area contributed by atoms with Gasteiger partial charge in [0.1, 0.15) is 0 Å². The molecule has 0 aliphatic rings. The summed E-state index contributed by atoms with van der Waals surface area (Å²) in [5.41, 5.74) is 3.56. The Bertz CT molecular complexity index is 954. The lowest BCUT2D eigenvalue weighted by Gasteiger charge is -2.13. The number of anilines is 2. The van der Waals surface area contributed by atoms with Gasteiger partial charge in [-0.15, -0.1) is 0 Å². The van der Waals surface area contributed by atoms with Crippen LogP contribution in [0.1, 0.15) is 26.3 Å². The van der Waals surface area contributed by atoms with Gasteiger partial charge in [-0.3, -0.25) is 14.6 Å². The zero-order chi connectivity index (χ0) is 19.9. The number of carbonyl (C=O) groups is 2. The van der Waals surface area contributed by atoms with E-state index in [1.807, 2.05) is 55.4 Å². The second-order valence-electron chi connectivity index (χ2n) is 6.51. The Hall–Kier alpha value is -3.67. The minimum Gasteiger partial charge on any atom is -0.378 e. The van der Waals surface area contributed by atoms with Crippen molar-refractivity contribution in [3.63, 3.8) is 0 Å². The standard InChI is InChI=1S/C22H22N4O2/c1-26(2)20-8-6-19(7-9-20)25-22(28)18-5-3-4-17(14-18)21(27)24-15-16-10-12-23-13-11-16/h3-14H,15H2,1-2H3,(H,24,27)(H,25,28). The molecule has 2 N–H and O–H groups in total. The molecule has 0 saturated heterocycles. The van der Waals surface area contributed by atoms with Gasteiger partial charge in [-0.2, -0.15) is 0 Å². The van der Waals surface area contributed by atoms with Crippen LogP contribution >= 0.6 is 0 Å². The summed E-state index contributed by atoms with van der Waals surface area (Å²) >= 11 is 0. The van der Waals surface area contributed by atoms with Crippen LogP contribution in [-0.4, -0.2) is 30.9 Å². The van der Waals surface area contributed by atoms with Crippen LogP contribution in [-0.2, 0) is 6.54 Å². The van der Waals surface area contributed by atoms with Gasteiger partial charge in [0.2, 0.25) is 0 Å². The fourth-order valence-electron chi connectivity index (χ4n) is 2.63. The number of pyridine rings is 1. The second-order valence-corrected chi connectivity index (χ2v) is 6.51. The highest BCUT2D eigenvalue weighted by atomic mass is 16.2. The molecule has 2 amide bonds. The largest absolute Gasteiger partial charge is 0.378 e.